The topological polar surface area (TPSA) is 49.4 Å². The van der Waals surface area contributed by atoms with Gasteiger partial charge in [0.2, 0.25) is 10.0 Å². The Hall–Kier alpha value is -0.430. The molecule has 2 heterocycles. The van der Waals surface area contributed by atoms with Crippen LogP contribution in [-0.4, -0.2) is 38.7 Å². The van der Waals surface area contributed by atoms with Gasteiger partial charge in [0.1, 0.15) is 0 Å². The van der Waals surface area contributed by atoms with Crippen molar-refractivity contribution in [1.82, 2.24) is 9.62 Å². The van der Waals surface area contributed by atoms with Crippen LogP contribution in [-0.2, 0) is 16.6 Å². The van der Waals surface area contributed by atoms with Gasteiger partial charge in [-0.15, -0.1) is 0 Å². The van der Waals surface area contributed by atoms with Gasteiger partial charge in [0.05, 0.1) is 6.26 Å². The molecule has 0 amide bonds. The Morgan fingerprint density at radius 2 is 2.18 bits per heavy atom. The molecule has 0 spiro atoms. The summed E-state index contributed by atoms with van der Waals surface area (Å²) in [5.41, 5.74) is 1.35. The van der Waals surface area contributed by atoms with Gasteiger partial charge in [-0.25, -0.2) is 13.1 Å². The number of rotatable bonds is 4. The minimum Gasteiger partial charge on any atom is -0.299 e. The predicted octanol–water partition coefficient (Wildman–Crippen LogP) is 1.26. The number of hydrogen-bond acceptors (Lipinski definition) is 4. The van der Waals surface area contributed by atoms with Crippen molar-refractivity contribution in [2.75, 3.05) is 19.3 Å². The Labute approximate surface area is 107 Å². The minimum atomic E-state index is -3.06. The van der Waals surface area contributed by atoms with Crippen LogP contribution < -0.4 is 4.72 Å². The Morgan fingerprint density at radius 1 is 1.47 bits per heavy atom. The van der Waals surface area contributed by atoms with Crippen LogP contribution in [0.5, 0.6) is 0 Å². The summed E-state index contributed by atoms with van der Waals surface area (Å²) < 4.78 is 24.9. The van der Waals surface area contributed by atoms with Crippen molar-refractivity contribution in [1.29, 1.82) is 0 Å². The fourth-order valence-corrected chi connectivity index (χ4v) is 3.65. The van der Waals surface area contributed by atoms with Crippen LogP contribution in [0.4, 0.5) is 0 Å². The lowest BCUT2D eigenvalue weighted by atomic mass is 10.1. The van der Waals surface area contributed by atoms with Crippen LogP contribution in [0, 0.1) is 0 Å². The van der Waals surface area contributed by atoms with E-state index in [0.29, 0.717) is 0 Å². The second kappa shape index (κ2) is 5.48. The van der Waals surface area contributed by atoms with Crippen molar-refractivity contribution in [2.24, 2.45) is 0 Å². The summed E-state index contributed by atoms with van der Waals surface area (Å²) in [5.74, 6) is 0. The molecule has 0 aromatic carbocycles. The molecule has 1 aromatic heterocycles. The van der Waals surface area contributed by atoms with E-state index in [1.165, 1.54) is 11.8 Å². The molecule has 17 heavy (non-hydrogen) atoms. The number of piperidine rings is 1. The molecule has 1 aliphatic rings. The van der Waals surface area contributed by atoms with E-state index in [-0.39, 0.29) is 6.04 Å². The number of thiophene rings is 1. The summed E-state index contributed by atoms with van der Waals surface area (Å²) in [6, 6.07) is 2.26. The summed E-state index contributed by atoms with van der Waals surface area (Å²) in [6.07, 6.45) is 3.03. The predicted molar refractivity (Wildman–Crippen MR) is 70.6 cm³/mol. The molecule has 4 nitrogen and oxygen atoms in total. The molecule has 0 atom stereocenters. The molecular formula is C11H18N2O2S2. The van der Waals surface area contributed by atoms with E-state index in [2.05, 4.69) is 26.4 Å². The lowest BCUT2D eigenvalue weighted by Gasteiger charge is -2.31. The highest BCUT2D eigenvalue weighted by molar-refractivity contribution is 7.88. The van der Waals surface area contributed by atoms with Crippen molar-refractivity contribution in [3.05, 3.63) is 22.4 Å². The largest absolute Gasteiger partial charge is 0.299 e. The van der Waals surface area contributed by atoms with Gasteiger partial charge in [-0.1, -0.05) is 0 Å². The van der Waals surface area contributed by atoms with Crippen LogP contribution in [0.1, 0.15) is 18.4 Å². The quantitative estimate of drug-likeness (QED) is 0.899. The SMILES string of the molecule is CS(=O)(=O)NC1CCN(Cc2ccsc2)CC1. The highest BCUT2D eigenvalue weighted by Crippen LogP contribution is 2.15. The van der Waals surface area contributed by atoms with Gasteiger partial charge in [0.15, 0.2) is 0 Å². The van der Waals surface area contributed by atoms with Crippen molar-refractivity contribution < 1.29 is 8.42 Å². The lowest BCUT2D eigenvalue weighted by molar-refractivity contribution is 0.200. The molecule has 0 bridgehead atoms. The minimum absolute atomic E-state index is 0.115. The second-order valence-corrected chi connectivity index (χ2v) is 7.13. The smallest absolute Gasteiger partial charge is 0.208 e. The number of nitrogens with zero attached hydrogens (tertiary/aromatic N) is 1. The van der Waals surface area contributed by atoms with E-state index in [4.69, 9.17) is 0 Å². The summed E-state index contributed by atoms with van der Waals surface area (Å²) in [7, 11) is -3.06. The summed E-state index contributed by atoms with van der Waals surface area (Å²) in [6.45, 7) is 2.90. The molecule has 1 aliphatic heterocycles. The van der Waals surface area contributed by atoms with Gasteiger partial charge in [-0.3, -0.25) is 4.90 Å². The van der Waals surface area contributed by atoms with Crippen molar-refractivity contribution in [3.8, 4) is 0 Å². The molecule has 96 valence electrons. The van der Waals surface area contributed by atoms with Crippen molar-refractivity contribution in [3.63, 3.8) is 0 Å². The Morgan fingerprint density at radius 3 is 2.71 bits per heavy atom. The first kappa shape index (κ1) is 13.0. The van der Waals surface area contributed by atoms with E-state index in [9.17, 15) is 8.42 Å². The van der Waals surface area contributed by atoms with E-state index < -0.39 is 10.0 Å². The molecule has 1 saturated heterocycles. The van der Waals surface area contributed by atoms with E-state index >= 15 is 0 Å². The zero-order valence-electron chi connectivity index (χ0n) is 9.93. The molecule has 0 saturated carbocycles. The average Bonchev–Trinajstić information content (AvgIpc) is 2.71. The summed E-state index contributed by atoms with van der Waals surface area (Å²) in [4.78, 5) is 2.38. The molecule has 1 fully saturated rings. The normalized spacial score (nSPS) is 19.6. The van der Waals surface area contributed by atoms with Gasteiger partial charge in [0, 0.05) is 25.7 Å². The van der Waals surface area contributed by atoms with Crippen LogP contribution in [0.25, 0.3) is 0 Å². The Balaban J connectivity index is 1.78. The van der Waals surface area contributed by atoms with E-state index in [1.807, 2.05) is 0 Å². The maximum Gasteiger partial charge on any atom is 0.208 e. The summed E-state index contributed by atoms with van der Waals surface area (Å²) >= 11 is 1.72. The Kier molecular flexibility index (Phi) is 4.19. The standard InChI is InChI=1S/C11H18N2O2S2/c1-17(14,15)12-11-2-5-13(6-3-11)8-10-4-7-16-9-10/h4,7,9,11-12H,2-3,5-6,8H2,1H3. The lowest BCUT2D eigenvalue weighted by Crippen LogP contribution is -2.43. The third-order valence-electron chi connectivity index (χ3n) is 2.95. The maximum absolute atomic E-state index is 11.1. The highest BCUT2D eigenvalue weighted by atomic mass is 32.2. The molecular weight excluding hydrogens is 256 g/mol. The van der Waals surface area contributed by atoms with Gasteiger partial charge in [-0.2, -0.15) is 11.3 Å². The second-order valence-electron chi connectivity index (χ2n) is 4.57. The fourth-order valence-electron chi connectivity index (χ4n) is 2.15. The third-order valence-corrected chi connectivity index (χ3v) is 4.45. The number of nitrogens with one attached hydrogen (secondary N) is 1. The van der Waals surface area contributed by atoms with Crippen molar-refractivity contribution in [2.45, 2.75) is 25.4 Å². The number of hydrogen-bond donors (Lipinski definition) is 1. The number of likely N-dealkylation sites (tertiary alicyclic amines) is 1. The molecule has 0 radical (unpaired) electrons. The van der Waals surface area contributed by atoms with Gasteiger partial charge < -0.3 is 0 Å². The first-order valence-electron chi connectivity index (χ1n) is 5.74. The van der Waals surface area contributed by atoms with Gasteiger partial charge in [0.25, 0.3) is 0 Å². The molecule has 0 unspecified atom stereocenters. The monoisotopic (exact) mass is 274 g/mol. The fraction of sp³-hybridized carbons (Fsp3) is 0.636. The zero-order chi connectivity index (χ0) is 12.3. The molecule has 6 heteroatoms. The first-order chi connectivity index (χ1) is 8.03. The molecule has 2 rings (SSSR count). The Bertz CT molecular complexity index is 434. The molecule has 1 aromatic rings. The maximum atomic E-state index is 11.1. The van der Waals surface area contributed by atoms with Crippen LogP contribution in [0.3, 0.4) is 0 Å². The summed E-state index contributed by atoms with van der Waals surface area (Å²) in [5, 5.41) is 4.26. The van der Waals surface area contributed by atoms with Crippen LogP contribution in [0.15, 0.2) is 16.8 Å². The molecule has 0 aliphatic carbocycles. The first-order valence-corrected chi connectivity index (χ1v) is 8.57. The highest BCUT2D eigenvalue weighted by Gasteiger charge is 2.21. The van der Waals surface area contributed by atoms with E-state index in [1.54, 1.807) is 11.3 Å². The van der Waals surface area contributed by atoms with Gasteiger partial charge >= 0.3 is 0 Å². The average molecular weight is 274 g/mol. The van der Waals surface area contributed by atoms with Crippen molar-refractivity contribution >= 4 is 21.4 Å². The van der Waals surface area contributed by atoms with Crippen LogP contribution in [0.2, 0.25) is 0 Å². The van der Waals surface area contributed by atoms with Crippen LogP contribution >= 0.6 is 11.3 Å². The van der Waals surface area contributed by atoms with Gasteiger partial charge in [-0.05, 0) is 35.2 Å². The van der Waals surface area contributed by atoms with E-state index in [0.717, 1.165) is 32.5 Å². The number of sulfonamides is 1. The third kappa shape index (κ3) is 4.39. The zero-order valence-corrected chi connectivity index (χ0v) is 11.6. The molecule has 1 N–H and O–H groups in total.